The van der Waals surface area contributed by atoms with Gasteiger partial charge in [-0.05, 0) is 30.7 Å². The van der Waals surface area contributed by atoms with Gasteiger partial charge in [-0.1, -0.05) is 0 Å². The molecule has 1 aromatic rings. The summed E-state index contributed by atoms with van der Waals surface area (Å²) in [6.07, 6.45) is 1.88. The fourth-order valence-electron chi connectivity index (χ4n) is 2.76. The molecule has 1 aromatic carbocycles. The quantitative estimate of drug-likeness (QED) is 0.476. The fraction of sp³-hybridized carbons (Fsp3) is 0.571. The molecule has 1 fully saturated rings. The molecular weight excluding hydrogens is 322 g/mol. The molecule has 8 nitrogen and oxygen atoms in total. The lowest BCUT2D eigenvalue weighted by molar-refractivity contribution is -0.384. The highest BCUT2D eigenvalue weighted by molar-refractivity contribution is 7.97. The van der Waals surface area contributed by atoms with E-state index in [2.05, 4.69) is 5.32 Å². The minimum absolute atomic E-state index is 0.0470. The van der Waals surface area contributed by atoms with E-state index in [0.717, 1.165) is 38.0 Å². The van der Waals surface area contributed by atoms with Crippen LogP contribution >= 0.6 is 11.9 Å². The third-order valence-corrected chi connectivity index (χ3v) is 4.55. The van der Waals surface area contributed by atoms with Crippen LogP contribution in [0.3, 0.4) is 0 Å². The zero-order chi connectivity index (χ0) is 16.2. The zero-order valence-corrected chi connectivity index (χ0v) is 13.4. The Morgan fingerprint density at radius 1 is 1.26 bits per heavy atom. The van der Waals surface area contributed by atoms with Gasteiger partial charge in [-0.3, -0.25) is 15.3 Å². The number of rotatable bonds is 5. The van der Waals surface area contributed by atoms with Gasteiger partial charge < -0.3 is 19.5 Å². The predicted octanol–water partition coefficient (Wildman–Crippen LogP) is 2.17. The molecule has 1 saturated heterocycles. The van der Waals surface area contributed by atoms with Crippen LogP contribution in [0.15, 0.2) is 11.0 Å². The zero-order valence-electron chi connectivity index (χ0n) is 12.6. The summed E-state index contributed by atoms with van der Waals surface area (Å²) >= 11 is 0.916. The van der Waals surface area contributed by atoms with E-state index >= 15 is 0 Å². The maximum absolute atomic E-state index is 11.4. The molecule has 0 atom stereocenters. The molecule has 2 aliphatic heterocycles. The second-order valence-electron chi connectivity index (χ2n) is 5.44. The first-order valence-corrected chi connectivity index (χ1v) is 8.38. The van der Waals surface area contributed by atoms with Gasteiger partial charge in [0.25, 0.3) is 5.69 Å². The largest absolute Gasteiger partial charge is 0.485 e. The minimum Gasteiger partial charge on any atom is -0.485 e. The summed E-state index contributed by atoms with van der Waals surface area (Å²) in [5.41, 5.74) is 0.322. The van der Waals surface area contributed by atoms with Crippen LogP contribution in [0.5, 0.6) is 11.5 Å². The molecule has 0 spiro atoms. The molecule has 23 heavy (non-hydrogen) atoms. The van der Waals surface area contributed by atoms with E-state index in [1.54, 1.807) is 0 Å². The Labute approximate surface area is 137 Å². The molecular formula is C14H19N3O5S. The number of hydrogen-bond donors (Lipinski definition) is 2. The molecule has 9 heteroatoms. The van der Waals surface area contributed by atoms with Crippen molar-refractivity contribution in [3.8, 4) is 11.5 Å². The van der Waals surface area contributed by atoms with Crippen molar-refractivity contribution in [1.29, 1.82) is 0 Å². The molecule has 0 amide bonds. The fourth-order valence-corrected chi connectivity index (χ4v) is 3.20. The number of anilines is 1. The number of benzene rings is 1. The SMILES string of the molecule is NSc1cc([N+](=O)[O-])c(NCC2CCOCC2)c2c1OCCO2. The Morgan fingerprint density at radius 3 is 2.61 bits per heavy atom. The van der Waals surface area contributed by atoms with E-state index in [1.165, 1.54) is 6.07 Å². The summed E-state index contributed by atoms with van der Waals surface area (Å²) in [5, 5.41) is 20.2. The molecule has 3 rings (SSSR count). The van der Waals surface area contributed by atoms with Crippen molar-refractivity contribution in [2.75, 3.05) is 38.3 Å². The number of hydrogen-bond acceptors (Lipinski definition) is 8. The summed E-state index contributed by atoms with van der Waals surface area (Å²) < 4.78 is 16.6. The Bertz CT molecular complexity index is 592. The third kappa shape index (κ3) is 3.46. The molecule has 3 N–H and O–H groups in total. The number of nitrogens with two attached hydrogens (primary N) is 1. The van der Waals surface area contributed by atoms with Crippen molar-refractivity contribution in [3.05, 3.63) is 16.2 Å². The lowest BCUT2D eigenvalue weighted by Gasteiger charge is -2.26. The Kier molecular flexibility index (Phi) is 5.09. The van der Waals surface area contributed by atoms with Gasteiger partial charge in [0.05, 0.1) is 9.82 Å². The number of nitro groups is 1. The first kappa shape index (κ1) is 16.2. The second kappa shape index (κ2) is 7.24. The van der Waals surface area contributed by atoms with E-state index in [9.17, 15) is 10.1 Å². The number of nitrogens with zero attached hydrogens (tertiary/aromatic N) is 1. The third-order valence-electron chi connectivity index (χ3n) is 3.99. The van der Waals surface area contributed by atoms with Crippen LogP contribution in [-0.2, 0) is 4.74 Å². The normalized spacial score (nSPS) is 17.8. The van der Waals surface area contributed by atoms with Gasteiger partial charge in [-0.25, -0.2) is 0 Å². The predicted molar refractivity (Wildman–Crippen MR) is 86.2 cm³/mol. The van der Waals surface area contributed by atoms with Crippen molar-refractivity contribution < 1.29 is 19.1 Å². The molecule has 126 valence electrons. The molecule has 0 unspecified atom stereocenters. The maximum Gasteiger partial charge on any atom is 0.297 e. The van der Waals surface area contributed by atoms with E-state index in [-0.39, 0.29) is 5.69 Å². The summed E-state index contributed by atoms with van der Waals surface area (Å²) in [7, 11) is 0. The van der Waals surface area contributed by atoms with Crippen LogP contribution in [0.25, 0.3) is 0 Å². The highest BCUT2D eigenvalue weighted by Crippen LogP contribution is 2.48. The van der Waals surface area contributed by atoms with Gasteiger partial charge in [-0.15, -0.1) is 0 Å². The molecule has 0 aromatic heterocycles. The van der Waals surface area contributed by atoms with Crippen molar-refractivity contribution in [3.63, 3.8) is 0 Å². The average molecular weight is 341 g/mol. The van der Waals surface area contributed by atoms with Crippen molar-refractivity contribution in [2.24, 2.45) is 11.1 Å². The minimum atomic E-state index is -0.426. The number of ether oxygens (including phenoxy) is 3. The van der Waals surface area contributed by atoms with Gasteiger partial charge in [0, 0.05) is 25.8 Å². The molecule has 0 radical (unpaired) electrons. The number of nitro benzene ring substituents is 1. The van der Waals surface area contributed by atoms with E-state index < -0.39 is 4.92 Å². The molecule has 0 saturated carbocycles. The van der Waals surface area contributed by atoms with E-state index in [0.29, 0.717) is 47.8 Å². The first-order valence-electron chi connectivity index (χ1n) is 7.50. The van der Waals surface area contributed by atoms with Crippen molar-refractivity contribution in [2.45, 2.75) is 17.7 Å². The Morgan fingerprint density at radius 2 is 1.96 bits per heavy atom. The standard InChI is InChI=1S/C14H19N3O5S/c15-23-11-7-10(17(18)19)12(14-13(11)21-5-6-22-14)16-8-9-1-3-20-4-2-9/h7,9,16H,1-6,8,15H2. The Hall–Kier alpha value is -1.71. The van der Waals surface area contributed by atoms with Gasteiger partial charge in [-0.2, -0.15) is 0 Å². The first-order chi connectivity index (χ1) is 11.2. The van der Waals surface area contributed by atoms with Gasteiger partial charge in [0.2, 0.25) is 0 Å². The lowest BCUT2D eigenvalue weighted by atomic mass is 10.0. The Balaban J connectivity index is 1.91. The van der Waals surface area contributed by atoms with Crippen molar-refractivity contribution >= 4 is 23.3 Å². The van der Waals surface area contributed by atoms with Crippen LogP contribution in [0.4, 0.5) is 11.4 Å². The second-order valence-corrected chi connectivity index (χ2v) is 6.11. The average Bonchev–Trinajstić information content (AvgIpc) is 2.60. The van der Waals surface area contributed by atoms with Crippen LogP contribution in [0, 0.1) is 16.0 Å². The number of fused-ring (bicyclic) bond motifs is 1. The van der Waals surface area contributed by atoms with Crippen LogP contribution in [0.2, 0.25) is 0 Å². The van der Waals surface area contributed by atoms with Crippen LogP contribution in [0.1, 0.15) is 12.8 Å². The highest BCUT2D eigenvalue weighted by Gasteiger charge is 2.29. The molecule has 0 aliphatic carbocycles. The summed E-state index contributed by atoms with van der Waals surface area (Å²) in [6.45, 7) is 2.85. The molecule has 2 aliphatic rings. The van der Waals surface area contributed by atoms with Crippen LogP contribution < -0.4 is 19.9 Å². The van der Waals surface area contributed by atoms with Gasteiger partial charge >= 0.3 is 0 Å². The highest BCUT2D eigenvalue weighted by atomic mass is 32.2. The van der Waals surface area contributed by atoms with Gasteiger partial charge in [0.15, 0.2) is 17.2 Å². The maximum atomic E-state index is 11.4. The van der Waals surface area contributed by atoms with E-state index in [1.807, 2.05) is 0 Å². The topological polar surface area (TPSA) is 109 Å². The van der Waals surface area contributed by atoms with Gasteiger partial charge in [0.1, 0.15) is 13.2 Å². The summed E-state index contributed by atoms with van der Waals surface area (Å²) in [6, 6.07) is 1.44. The van der Waals surface area contributed by atoms with Crippen molar-refractivity contribution in [1.82, 2.24) is 0 Å². The monoisotopic (exact) mass is 341 g/mol. The smallest absolute Gasteiger partial charge is 0.297 e. The van der Waals surface area contributed by atoms with Crippen LogP contribution in [-0.4, -0.2) is 37.9 Å². The summed E-state index contributed by atoms with van der Waals surface area (Å²) in [5.74, 6) is 1.28. The van der Waals surface area contributed by atoms with E-state index in [4.69, 9.17) is 19.3 Å². The number of nitrogens with one attached hydrogen (secondary N) is 1. The lowest BCUT2D eigenvalue weighted by Crippen LogP contribution is -2.24. The summed E-state index contributed by atoms with van der Waals surface area (Å²) in [4.78, 5) is 11.5. The molecule has 0 bridgehead atoms. The molecule has 2 heterocycles.